The summed E-state index contributed by atoms with van der Waals surface area (Å²) in [6.07, 6.45) is 6.61. The second kappa shape index (κ2) is 12.5. The molecule has 0 bridgehead atoms. The molecule has 234 valence electrons. The summed E-state index contributed by atoms with van der Waals surface area (Å²) in [6.45, 7) is 0.565. The second-order valence-corrected chi connectivity index (χ2v) is 15.1. The molecular formula is C29H34FN7O5S2. The van der Waals surface area contributed by atoms with E-state index < -0.39 is 25.6 Å². The third kappa shape index (κ3) is 6.46. The van der Waals surface area contributed by atoms with Crippen LogP contribution in [0.4, 0.5) is 4.39 Å². The number of piperidine rings is 1. The van der Waals surface area contributed by atoms with Gasteiger partial charge < -0.3 is 4.98 Å². The summed E-state index contributed by atoms with van der Waals surface area (Å²) < 4.78 is 72.0. The first-order valence-corrected chi connectivity index (χ1v) is 17.7. The summed E-state index contributed by atoms with van der Waals surface area (Å²) in [5.74, 6) is -0.181. The number of benzene rings is 2. The Morgan fingerprint density at radius 1 is 0.909 bits per heavy atom. The normalized spacial score (nSPS) is 18.0. The van der Waals surface area contributed by atoms with Crippen LogP contribution < -0.4 is 10.3 Å². The number of aromatic nitrogens is 5. The molecule has 2 aromatic heterocycles. The van der Waals surface area contributed by atoms with E-state index in [0.29, 0.717) is 24.2 Å². The molecule has 1 saturated carbocycles. The predicted molar refractivity (Wildman–Crippen MR) is 160 cm³/mol. The Bertz CT molecular complexity index is 1910. The molecule has 0 unspecified atom stereocenters. The van der Waals surface area contributed by atoms with Crippen molar-refractivity contribution in [3.05, 3.63) is 76.1 Å². The second-order valence-electron chi connectivity index (χ2n) is 11.5. The first-order valence-electron chi connectivity index (χ1n) is 14.8. The summed E-state index contributed by atoms with van der Waals surface area (Å²) >= 11 is 0. The number of fused-ring (bicyclic) bond motifs is 1. The van der Waals surface area contributed by atoms with Crippen molar-refractivity contribution in [1.29, 1.82) is 0 Å². The summed E-state index contributed by atoms with van der Waals surface area (Å²) in [6, 6.07) is 11.3. The van der Waals surface area contributed by atoms with Gasteiger partial charge in [0.15, 0.2) is 11.2 Å². The van der Waals surface area contributed by atoms with Gasteiger partial charge in [0.1, 0.15) is 11.6 Å². The van der Waals surface area contributed by atoms with Crippen molar-refractivity contribution in [3.63, 3.8) is 0 Å². The smallest absolute Gasteiger partial charge is 0.281 e. The maximum Gasteiger partial charge on any atom is 0.281 e. The van der Waals surface area contributed by atoms with Gasteiger partial charge in [-0.05, 0) is 67.6 Å². The van der Waals surface area contributed by atoms with E-state index in [1.54, 1.807) is 12.1 Å². The van der Waals surface area contributed by atoms with Crippen LogP contribution >= 0.6 is 0 Å². The minimum Gasteiger partial charge on any atom is -0.308 e. The third-order valence-corrected chi connectivity index (χ3v) is 11.9. The zero-order valence-electron chi connectivity index (χ0n) is 24.0. The molecule has 0 amide bonds. The van der Waals surface area contributed by atoms with Gasteiger partial charge in [0.2, 0.25) is 20.0 Å². The van der Waals surface area contributed by atoms with Crippen LogP contribution in [0.2, 0.25) is 0 Å². The molecule has 2 aliphatic rings. The fourth-order valence-corrected chi connectivity index (χ4v) is 8.76. The quantitative estimate of drug-likeness (QED) is 0.277. The lowest BCUT2D eigenvalue weighted by Crippen LogP contribution is -2.38. The van der Waals surface area contributed by atoms with E-state index in [0.717, 1.165) is 38.5 Å². The van der Waals surface area contributed by atoms with Crippen molar-refractivity contribution in [1.82, 2.24) is 34.0 Å². The van der Waals surface area contributed by atoms with Gasteiger partial charge in [-0.15, -0.1) is 5.10 Å². The first kappa shape index (κ1) is 30.5. The molecule has 4 aromatic rings. The van der Waals surface area contributed by atoms with Crippen molar-refractivity contribution in [2.24, 2.45) is 0 Å². The number of H-pyrrole nitrogens is 1. The maximum absolute atomic E-state index is 13.7. The zero-order chi connectivity index (χ0) is 30.9. The third-order valence-electron chi connectivity index (χ3n) is 8.40. The fourth-order valence-electron chi connectivity index (χ4n) is 5.99. The van der Waals surface area contributed by atoms with Gasteiger partial charge in [0.05, 0.1) is 16.3 Å². The average molecular weight is 644 g/mol. The lowest BCUT2D eigenvalue weighted by molar-refractivity contribution is 0.313. The Morgan fingerprint density at radius 3 is 2.27 bits per heavy atom. The predicted octanol–water partition coefficient (Wildman–Crippen LogP) is 3.27. The Balaban J connectivity index is 1.13. The molecular weight excluding hydrogens is 609 g/mol. The van der Waals surface area contributed by atoms with E-state index in [1.807, 2.05) is 0 Å². The van der Waals surface area contributed by atoms with Gasteiger partial charge in [0.25, 0.3) is 5.56 Å². The summed E-state index contributed by atoms with van der Waals surface area (Å²) in [5, 5.41) is 7.97. The molecule has 15 heteroatoms. The zero-order valence-corrected chi connectivity index (χ0v) is 25.7. The van der Waals surface area contributed by atoms with Crippen LogP contribution in [0.25, 0.3) is 11.2 Å². The van der Waals surface area contributed by atoms with E-state index in [4.69, 9.17) is 0 Å². The molecule has 2 N–H and O–H groups in total. The van der Waals surface area contributed by atoms with Gasteiger partial charge in [-0.25, -0.2) is 35.6 Å². The Kier molecular flexibility index (Phi) is 8.64. The lowest BCUT2D eigenvalue weighted by Gasteiger charge is -2.30. The highest BCUT2D eigenvalue weighted by molar-refractivity contribution is 7.89. The molecule has 1 saturated heterocycles. The summed E-state index contributed by atoms with van der Waals surface area (Å²) in [5.41, 5.74) is 0.529. The SMILES string of the molecule is O=c1[nH]c(C2CCN(S(=O)(=O)c3ccc(S(=O)(=O)NC4CCCCCC4)cc3)CC2)nc2c1nnn2Cc1cccc(F)c1. The minimum absolute atomic E-state index is 0.0182. The van der Waals surface area contributed by atoms with Crippen LogP contribution in [0.3, 0.4) is 0 Å². The number of aromatic amines is 1. The topological polar surface area (TPSA) is 160 Å². The van der Waals surface area contributed by atoms with Crippen molar-refractivity contribution in [3.8, 4) is 0 Å². The monoisotopic (exact) mass is 643 g/mol. The Labute approximate surface area is 254 Å². The Hall–Kier alpha value is -3.53. The van der Waals surface area contributed by atoms with Crippen LogP contribution in [0.5, 0.6) is 0 Å². The molecule has 3 heterocycles. The van der Waals surface area contributed by atoms with E-state index in [1.165, 1.54) is 45.4 Å². The first-order chi connectivity index (χ1) is 21.1. The van der Waals surface area contributed by atoms with Crippen LogP contribution in [-0.2, 0) is 26.6 Å². The average Bonchev–Trinajstić information content (AvgIpc) is 3.23. The number of halogens is 1. The summed E-state index contributed by atoms with van der Waals surface area (Å²) in [7, 11) is -7.63. The number of rotatable bonds is 8. The van der Waals surface area contributed by atoms with E-state index >= 15 is 0 Å². The van der Waals surface area contributed by atoms with Gasteiger partial charge in [-0.2, -0.15) is 4.31 Å². The highest BCUT2D eigenvalue weighted by atomic mass is 32.2. The molecule has 2 aromatic carbocycles. The number of nitrogens with one attached hydrogen (secondary N) is 2. The molecule has 6 rings (SSSR count). The molecule has 2 fully saturated rings. The lowest BCUT2D eigenvalue weighted by atomic mass is 9.97. The summed E-state index contributed by atoms with van der Waals surface area (Å²) in [4.78, 5) is 20.2. The molecule has 12 nitrogen and oxygen atoms in total. The standard InChI is InChI=1S/C29H34FN7O5S2/c30-22-7-5-6-20(18-22)19-37-28-26(33-35-37)29(38)32-27(31-28)21-14-16-36(17-15-21)44(41,42)25-12-10-24(11-13-25)43(39,40)34-23-8-3-1-2-4-9-23/h5-7,10-13,18,21,23,34H,1-4,8-9,14-17,19H2,(H,31,32,38). The molecule has 0 spiro atoms. The van der Waals surface area contributed by atoms with E-state index in [2.05, 4.69) is 25.0 Å². The number of hydrogen-bond acceptors (Lipinski definition) is 8. The van der Waals surface area contributed by atoms with E-state index in [9.17, 15) is 26.0 Å². The maximum atomic E-state index is 13.7. The fraction of sp³-hybridized carbons (Fsp3) is 0.448. The van der Waals surface area contributed by atoms with Gasteiger partial charge in [-0.3, -0.25) is 4.79 Å². The molecule has 0 radical (unpaired) electrons. The molecule has 44 heavy (non-hydrogen) atoms. The van der Waals surface area contributed by atoms with Crippen molar-refractivity contribution >= 4 is 31.2 Å². The van der Waals surface area contributed by atoms with Crippen LogP contribution in [0.15, 0.2) is 63.1 Å². The molecule has 1 aliphatic carbocycles. The van der Waals surface area contributed by atoms with Gasteiger partial charge >= 0.3 is 0 Å². The number of nitrogens with zero attached hydrogens (tertiary/aromatic N) is 5. The highest BCUT2D eigenvalue weighted by Crippen LogP contribution is 2.30. The van der Waals surface area contributed by atoms with Crippen LogP contribution in [0.1, 0.15) is 68.7 Å². The molecule has 0 atom stereocenters. The number of sulfonamides is 2. The van der Waals surface area contributed by atoms with Crippen LogP contribution in [0, 0.1) is 5.82 Å². The van der Waals surface area contributed by atoms with Crippen LogP contribution in [-0.4, -0.2) is 65.2 Å². The van der Waals surface area contributed by atoms with Crippen molar-refractivity contribution in [2.75, 3.05) is 13.1 Å². The molecule has 1 aliphatic heterocycles. The van der Waals surface area contributed by atoms with Crippen molar-refractivity contribution < 1.29 is 21.2 Å². The number of hydrogen-bond donors (Lipinski definition) is 2. The highest BCUT2D eigenvalue weighted by Gasteiger charge is 2.32. The van der Waals surface area contributed by atoms with E-state index in [-0.39, 0.29) is 58.4 Å². The van der Waals surface area contributed by atoms with Crippen molar-refractivity contribution in [2.45, 2.75) is 79.7 Å². The minimum atomic E-state index is -3.87. The van der Waals surface area contributed by atoms with Gasteiger partial charge in [-0.1, -0.05) is 43.0 Å². The Morgan fingerprint density at radius 2 is 1.59 bits per heavy atom. The van der Waals surface area contributed by atoms with Gasteiger partial charge in [0, 0.05) is 25.0 Å². The largest absolute Gasteiger partial charge is 0.308 e.